The van der Waals surface area contributed by atoms with Gasteiger partial charge in [-0.3, -0.25) is 5.32 Å². The largest absolute Gasteiger partial charge is 0.446 e. The van der Waals surface area contributed by atoms with E-state index in [1.54, 1.807) is 12.1 Å². The van der Waals surface area contributed by atoms with Crippen molar-refractivity contribution in [3.8, 4) is 0 Å². The zero-order valence-electron chi connectivity index (χ0n) is 6.80. The number of halogens is 3. The highest BCUT2D eigenvalue weighted by molar-refractivity contribution is 8.00. The molecular weight excluding hydrogens is 199 g/mol. The van der Waals surface area contributed by atoms with Crippen molar-refractivity contribution >= 4 is 17.4 Å². The maximum Gasteiger partial charge on any atom is 0.446 e. The lowest BCUT2D eigenvalue weighted by Crippen LogP contribution is -1.99. The molecule has 1 radical (unpaired) electrons. The van der Waals surface area contributed by atoms with Gasteiger partial charge in [0.1, 0.15) is 0 Å². The maximum atomic E-state index is 11.9. The van der Waals surface area contributed by atoms with Crippen molar-refractivity contribution < 1.29 is 13.2 Å². The second-order valence-electron chi connectivity index (χ2n) is 2.27. The Morgan fingerprint density at radius 3 is 2.54 bits per heavy atom. The average molecular weight is 206 g/mol. The van der Waals surface area contributed by atoms with Crippen LogP contribution in [0.3, 0.4) is 0 Å². The summed E-state index contributed by atoms with van der Waals surface area (Å²) in [7, 11) is 1.54. The Bertz CT molecular complexity index is 285. The molecule has 0 aromatic heterocycles. The van der Waals surface area contributed by atoms with Gasteiger partial charge in [-0.1, -0.05) is 6.07 Å². The van der Waals surface area contributed by atoms with Gasteiger partial charge in [-0.05, 0) is 30.0 Å². The zero-order valence-corrected chi connectivity index (χ0v) is 7.62. The molecule has 0 atom stereocenters. The molecule has 0 saturated heterocycles. The summed E-state index contributed by atoms with van der Waals surface area (Å²) in [5, 5.41) is 3.78. The van der Waals surface area contributed by atoms with E-state index in [4.69, 9.17) is 0 Å². The van der Waals surface area contributed by atoms with Crippen molar-refractivity contribution in [3.05, 3.63) is 24.3 Å². The van der Waals surface area contributed by atoms with Gasteiger partial charge in [0.05, 0.1) is 5.69 Å². The van der Waals surface area contributed by atoms with E-state index in [9.17, 15) is 13.2 Å². The first-order chi connectivity index (χ1) is 6.01. The Kier molecular flexibility index (Phi) is 3.08. The summed E-state index contributed by atoms with van der Waals surface area (Å²) < 4.78 is 35.7. The Morgan fingerprint density at radius 1 is 1.31 bits per heavy atom. The zero-order chi connectivity index (χ0) is 9.90. The van der Waals surface area contributed by atoms with E-state index in [0.717, 1.165) is 0 Å². The smallest absolute Gasteiger partial charge is 0.289 e. The number of nitrogens with zero attached hydrogens (tertiary/aromatic N) is 1. The fourth-order valence-corrected chi connectivity index (χ4v) is 1.41. The van der Waals surface area contributed by atoms with Crippen LogP contribution >= 0.6 is 11.8 Å². The van der Waals surface area contributed by atoms with Crippen LogP contribution in [0, 0.1) is 0 Å². The van der Waals surface area contributed by atoms with Crippen LogP contribution in [0.4, 0.5) is 18.9 Å². The van der Waals surface area contributed by atoms with Gasteiger partial charge in [-0.2, -0.15) is 13.2 Å². The number of alkyl halides is 3. The van der Waals surface area contributed by atoms with Crippen LogP contribution in [0.2, 0.25) is 0 Å². The summed E-state index contributed by atoms with van der Waals surface area (Å²) in [6, 6.07) is 6.02. The maximum absolute atomic E-state index is 11.9. The van der Waals surface area contributed by atoms with Crippen molar-refractivity contribution in [2.75, 3.05) is 7.05 Å². The normalized spacial score (nSPS) is 11.4. The number of thioether (sulfide) groups is 1. The van der Waals surface area contributed by atoms with Crippen molar-refractivity contribution in [1.29, 1.82) is 0 Å². The quantitative estimate of drug-likeness (QED) is 0.678. The Labute approximate surface area is 78.3 Å². The van der Waals surface area contributed by atoms with Gasteiger partial charge in [0.15, 0.2) is 0 Å². The first kappa shape index (κ1) is 10.2. The van der Waals surface area contributed by atoms with Crippen LogP contribution in [0.25, 0.3) is 0 Å². The molecule has 0 aliphatic rings. The highest BCUT2D eigenvalue weighted by Gasteiger charge is 2.29. The summed E-state index contributed by atoms with van der Waals surface area (Å²) in [4.78, 5) is 0.163. The molecule has 0 aliphatic carbocycles. The lowest BCUT2D eigenvalue weighted by Gasteiger charge is -2.05. The molecule has 0 spiro atoms. The minimum atomic E-state index is -4.23. The molecule has 0 N–H and O–H groups in total. The van der Waals surface area contributed by atoms with Gasteiger partial charge < -0.3 is 0 Å². The molecule has 0 unspecified atom stereocenters. The molecule has 71 valence electrons. The first-order valence-electron chi connectivity index (χ1n) is 3.47. The van der Waals surface area contributed by atoms with Crippen LogP contribution in [0.5, 0.6) is 0 Å². The average Bonchev–Trinajstić information content (AvgIpc) is 2.01. The molecule has 0 aliphatic heterocycles. The Hall–Kier alpha value is -0.840. The second kappa shape index (κ2) is 3.91. The van der Waals surface area contributed by atoms with E-state index >= 15 is 0 Å². The molecule has 13 heavy (non-hydrogen) atoms. The third kappa shape index (κ3) is 3.59. The minimum Gasteiger partial charge on any atom is -0.289 e. The number of hydrogen-bond acceptors (Lipinski definition) is 1. The molecule has 0 bridgehead atoms. The second-order valence-corrected chi connectivity index (χ2v) is 3.41. The summed E-state index contributed by atoms with van der Waals surface area (Å²) in [5.41, 5.74) is -3.68. The van der Waals surface area contributed by atoms with Gasteiger partial charge in [-0.25, -0.2) is 0 Å². The number of benzene rings is 1. The highest BCUT2D eigenvalue weighted by atomic mass is 32.2. The molecule has 1 aromatic carbocycles. The van der Waals surface area contributed by atoms with Crippen molar-refractivity contribution in [2.45, 2.75) is 10.4 Å². The topological polar surface area (TPSA) is 14.1 Å². The molecule has 0 saturated carbocycles. The molecule has 0 amide bonds. The third-order valence-electron chi connectivity index (χ3n) is 1.31. The summed E-state index contributed by atoms with van der Waals surface area (Å²) >= 11 is -0.130. The van der Waals surface area contributed by atoms with Crippen molar-refractivity contribution in [3.63, 3.8) is 0 Å². The van der Waals surface area contributed by atoms with E-state index in [-0.39, 0.29) is 16.7 Å². The monoisotopic (exact) mass is 206 g/mol. The molecule has 0 fully saturated rings. The molecular formula is C8H7F3NS. The molecule has 1 nitrogen and oxygen atoms in total. The molecule has 1 aromatic rings. The van der Waals surface area contributed by atoms with Crippen LogP contribution in [0.15, 0.2) is 29.2 Å². The van der Waals surface area contributed by atoms with Crippen LogP contribution in [0.1, 0.15) is 0 Å². The summed E-state index contributed by atoms with van der Waals surface area (Å²) in [5.74, 6) is 0. The van der Waals surface area contributed by atoms with Crippen LogP contribution < -0.4 is 5.32 Å². The fraction of sp³-hybridized carbons (Fsp3) is 0.250. The standard InChI is InChI=1S/C8H7F3NS/c1-12-6-3-2-4-7(5-6)13-8(9,10)11/h2-5H,1H3. The predicted octanol–water partition coefficient (Wildman–Crippen LogP) is 3.16. The van der Waals surface area contributed by atoms with E-state index < -0.39 is 5.51 Å². The SMILES string of the molecule is C[N]c1cccc(SC(F)(F)F)c1. The third-order valence-corrected chi connectivity index (χ3v) is 2.03. The number of rotatable bonds is 2. The van der Waals surface area contributed by atoms with Gasteiger partial charge in [-0.15, -0.1) is 0 Å². The van der Waals surface area contributed by atoms with E-state index in [1.165, 1.54) is 19.2 Å². The lowest BCUT2D eigenvalue weighted by atomic mass is 10.3. The summed E-state index contributed by atoms with van der Waals surface area (Å²) in [6.07, 6.45) is 0. The Morgan fingerprint density at radius 2 is 2.00 bits per heavy atom. The van der Waals surface area contributed by atoms with Crippen LogP contribution in [-0.2, 0) is 0 Å². The van der Waals surface area contributed by atoms with Gasteiger partial charge in [0.2, 0.25) is 0 Å². The molecule has 0 heterocycles. The van der Waals surface area contributed by atoms with Crippen molar-refractivity contribution in [2.24, 2.45) is 0 Å². The van der Waals surface area contributed by atoms with E-state index in [0.29, 0.717) is 5.69 Å². The molecule has 5 heteroatoms. The minimum absolute atomic E-state index is 0.130. The molecule has 1 rings (SSSR count). The van der Waals surface area contributed by atoms with Crippen molar-refractivity contribution in [1.82, 2.24) is 5.32 Å². The fourth-order valence-electron chi connectivity index (χ4n) is 0.820. The lowest BCUT2D eigenvalue weighted by molar-refractivity contribution is -0.0328. The van der Waals surface area contributed by atoms with Gasteiger partial charge in [0, 0.05) is 11.9 Å². The predicted molar refractivity (Wildman–Crippen MR) is 46.1 cm³/mol. The number of hydrogen-bond donors (Lipinski definition) is 0. The summed E-state index contributed by atoms with van der Waals surface area (Å²) in [6.45, 7) is 0. The van der Waals surface area contributed by atoms with Gasteiger partial charge >= 0.3 is 5.51 Å². The van der Waals surface area contributed by atoms with Crippen LogP contribution in [-0.4, -0.2) is 12.6 Å². The van der Waals surface area contributed by atoms with Gasteiger partial charge in [0.25, 0.3) is 0 Å². The Balaban J connectivity index is 2.78. The highest BCUT2D eigenvalue weighted by Crippen LogP contribution is 2.37. The van der Waals surface area contributed by atoms with E-state index in [1.807, 2.05) is 0 Å². The first-order valence-corrected chi connectivity index (χ1v) is 4.28. The van der Waals surface area contributed by atoms with E-state index in [2.05, 4.69) is 5.32 Å².